The number of hydrogen-bond donors (Lipinski definition) is 1. The van der Waals surface area contributed by atoms with Gasteiger partial charge < -0.3 is 9.67 Å². The van der Waals surface area contributed by atoms with Crippen LogP contribution in [0.1, 0.15) is 10.8 Å². The fraction of sp³-hybridized carbons (Fsp3) is 0.0556. The molecular formula is C18H14FNO2S. The minimum absolute atomic E-state index is 0.173. The first-order valence-electron chi connectivity index (χ1n) is 7.03. The second kappa shape index (κ2) is 6.71. The molecule has 1 aromatic heterocycles. The molecule has 2 aromatic carbocycles. The van der Waals surface area contributed by atoms with Gasteiger partial charge in [0, 0.05) is 22.9 Å². The van der Waals surface area contributed by atoms with E-state index in [0.717, 1.165) is 22.3 Å². The maximum Gasteiger partial charge on any atom is 0.321 e. The quantitative estimate of drug-likeness (QED) is 0.700. The van der Waals surface area contributed by atoms with E-state index >= 15 is 0 Å². The number of thioether (sulfide) groups is 1. The lowest BCUT2D eigenvalue weighted by molar-refractivity contribution is -0.136. The molecule has 0 radical (unpaired) electrons. The van der Waals surface area contributed by atoms with E-state index in [0.29, 0.717) is 0 Å². The molecule has 3 nitrogen and oxygen atoms in total. The van der Waals surface area contributed by atoms with Gasteiger partial charge in [-0.25, -0.2) is 4.39 Å². The zero-order valence-corrected chi connectivity index (χ0v) is 12.9. The number of halogens is 1. The van der Waals surface area contributed by atoms with Crippen LogP contribution in [0, 0.1) is 5.82 Å². The van der Waals surface area contributed by atoms with E-state index < -0.39 is 17.0 Å². The molecule has 1 heterocycles. The molecule has 0 fully saturated rings. The number of benzene rings is 2. The Kier molecular flexibility index (Phi) is 4.48. The summed E-state index contributed by atoms with van der Waals surface area (Å²) in [6, 6.07) is 17.3. The largest absolute Gasteiger partial charge is 0.480 e. The van der Waals surface area contributed by atoms with Gasteiger partial charge in [0.1, 0.15) is 11.1 Å². The number of carboxylic acid groups (broad SMARTS) is 1. The van der Waals surface area contributed by atoms with Crippen LogP contribution >= 0.6 is 11.8 Å². The van der Waals surface area contributed by atoms with Crippen molar-refractivity contribution < 1.29 is 14.3 Å². The lowest BCUT2D eigenvalue weighted by Gasteiger charge is -2.16. The van der Waals surface area contributed by atoms with E-state index in [4.69, 9.17) is 0 Å². The Labute approximate surface area is 137 Å². The Balaban J connectivity index is 2.00. The topological polar surface area (TPSA) is 42.2 Å². The summed E-state index contributed by atoms with van der Waals surface area (Å²) in [5.41, 5.74) is 1.04. The summed E-state index contributed by atoms with van der Waals surface area (Å²) in [7, 11) is 0. The highest BCUT2D eigenvalue weighted by Crippen LogP contribution is 2.39. The average molecular weight is 327 g/mol. The predicted molar refractivity (Wildman–Crippen MR) is 88.4 cm³/mol. The smallest absolute Gasteiger partial charge is 0.321 e. The molecule has 1 N–H and O–H groups in total. The maximum absolute atomic E-state index is 14.0. The number of aromatic nitrogens is 1. The number of rotatable bonds is 5. The van der Waals surface area contributed by atoms with Crippen molar-refractivity contribution in [2.75, 3.05) is 0 Å². The normalized spacial score (nSPS) is 12.0. The van der Waals surface area contributed by atoms with Crippen molar-refractivity contribution in [2.45, 2.75) is 10.1 Å². The number of hydrogen-bond acceptors (Lipinski definition) is 2. The van der Waals surface area contributed by atoms with Gasteiger partial charge in [0.15, 0.2) is 0 Å². The van der Waals surface area contributed by atoms with E-state index in [1.54, 1.807) is 12.1 Å². The third-order valence-corrected chi connectivity index (χ3v) is 4.70. The second-order valence-electron chi connectivity index (χ2n) is 4.92. The Morgan fingerprint density at radius 1 is 1.00 bits per heavy atom. The van der Waals surface area contributed by atoms with Gasteiger partial charge in [-0.3, -0.25) is 4.79 Å². The molecule has 0 aliphatic heterocycles. The number of carbonyl (C=O) groups is 1. The molecule has 0 amide bonds. The van der Waals surface area contributed by atoms with Gasteiger partial charge in [-0.15, -0.1) is 11.8 Å². The number of nitrogens with zero attached hydrogens (tertiary/aromatic N) is 1. The van der Waals surface area contributed by atoms with Crippen molar-refractivity contribution >= 4 is 17.7 Å². The van der Waals surface area contributed by atoms with Gasteiger partial charge >= 0.3 is 5.97 Å². The fourth-order valence-electron chi connectivity index (χ4n) is 2.33. The third kappa shape index (κ3) is 3.29. The summed E-state index contributed by atoms with van der Waals surface area (Å²) in [6.45, 7) is 0. The molecule has 0 saturated heterocycles. The zero-order valence-electron chi connectivity index (χ0n) is 12.1. The first-order valence-corrected chi connectivity index (χ1v) is 7.91. The van der Waals surface area contributed by atoms with Crippen molar-refractivity contribution in [3.8, 4) is 5.69 Å². The second-order valence-corrected chi connectivity index (χ2v) is 6.06. The highest BCUT2D eigenvalue weighted by atomic mass is 32.2. The van der Waals surface area contributed by atoms with Crippen molar-refractivity contribution in [3.63, 3.8) is 0 Å². The molecule has 3 rings (SSSR count). The molecule has 0 unspecified atom stereocenters. The molecule has 3 aromatic rings. The summed E-state index contributed by atoms with van der Waals surface area (Å²) >= 11 is 1.13. The van der Waals surface area contributed by atoms with E-state index in [-0.39, 0.29) is 5.56 Å². The molecule has 0 spiro atoms. The summed E-state index contributed by atoms with van der Waals surface area (Å²) in [4.78, 5) is 12.4. The average Bonchev–Trinajstić information content (AvgIpc) is 3.08. The maximum atomic E-state index is 14.0. The minimum Gasteiger partial charge on any atom is -0.480 e. The van der Waals surface area contributed by atoms with Gasteiger partial charge in [-0.1, -0.05) is 30.3 Å². The van der Waals surface area contributed by atoms with E-state index in [9.17, 15) is 14.3 Å². The van der Waals surface area contributed by atoms with E-state index in [1.165, 1.54) is 12.1 Å². The number of aliphatic carboxylic acids is 1. The molecule has 1 atom stereocenters. The predicted octanol–water partition coefficient (Wildman–Crippen LogP) is 4.53. The summed E-state index contributed by atoms with van der Waals surface area (Å²) in [5.74, 6) is -1.58. The van der Waals surface area contributed by atoms with Crippen LogP contribution in [-0.2, 0) is 4.79 Å². The lowest BCUT2D eigenvalue weighted by atomic mass is 10.1. The van der Waals surface area contributed by atoms with Gasteiger partial charge in [0.2, 0.25) is 0 Å². The van der Waals surface area contributed by atoms with Gasteiger partial charge in [0.25, 0.3) is 0 Å². The highest BCUT2D eigenvalue weighted by molar-refractivity contribution is 8.00. The Morgan fingerprint density at radius 2 is 1.65 bits per heavy atom. The minimum atomic E-state index is -1.07. The van der Waals surface area contributed by atoms with Crippen LogP contribution in [0.4, 0.5) is 4.39 Å². The third-order valence-electron chi connectivity index (χ3n) is 3.40. The van der Waals surface area contributed by atoms with Crippen LogP contribution < -0.4 is 0 Å². The highest BCUT2D eigenvalue weighted by Gasteiger charge is 2.25. The van der Waals surface area contributed by atoms with Crippen molar-refractivity contribution in [2.24, 2.45) is 0 Å². The molecule has 0 aliphatic carbocycles. The molecule has 5 heteroatoms. The van der Waals surface area contributed by atoms with Crippen LogP contribution in [-0.4, -0.2) is 15.6 Å². The van der Waals surface area contributed by atoms with Crippen molar-refractivity contribution in [1.82, 2.24) is 4.57 Å². The Morgan fingerprint density at radius 3 is 2.35 bits per heavy atom. The van der Waals surface area contributed by atoms with Crippen LogP contribution in [0.25, 0.3) is 5.69 Å². The molecule has 23 heavy (non-hydrogen) atoms. The van der Waals surface area contributed by atoms with Crippen molar-refractivity contribution in [3.05, 3.63) is 84.4 Å². The van der Waals surface area contributed by atoms with Crippen molar-refractivity contribution in [1.29, 1.82) is 0 Å². The van der Waals surface area contributed by atoms with Crippen LogP contribution in [0.5, 0.6) is 0 Å². The van der Waals surface area contributed by atoms with Crippen LogP contribution in [0.3, 0.4) is 0 Å². The zero-order chi connectivity index (χ0) is 16.2. The molecule has 0 bridgehead atoms. The monoisotopic (exact) mass is 327 g/mol. The van der Waals surface area contributed by atoms with E-state index in [1.807, 2.05) is 53.4 Å². The van der Waals surface area contributed by atoms with E-state index in [2.05, 4.69) is 0 Å². The summed E-state index contributed by atoms with van der Waals surface area (Å²) in [5, 5.41) is 8.53. The molecule has 116 valence electrons. The number of para-hydroxylation sites is 1. The molecular weight excluding hydrogens is 313 g/mol. The van der Waals surface area contributed by atoms with Crippen LogP contribution in [0.2, 0.25) is 0 Å². The SMILES string of the molecule is O=C(O)[C@@H](Sc1ccccc1-n1cccc1)c1ccccc1F. The standard InChI is InChI=1S/C18H14FNO2S/c19-14-8-2-1-7-13(14)17(18(21)22)23-16-10-4-3-9-15(16)20-11-5-6-12-20/h1-12,17H,(H,21,22)/t17-/m0/s1. The van der Waals surface area contributed by atoms with Gasteiger partial charge in [-0.05, 0) is 30.3 Å². The Hall–Kier alpha value is -2.53. The summed E-state index contributed by atoms with van der Waals surface area (Å²) < 4.78 is 15.9. The Bertz CT molecular complexity index is 817. The van der Waals surface area contributed by atoms with Gasteiger partial charge in [-0.2, -0.15) is 0 Å². The molecule has 0 aliphatic rings. The lowest BCUT2D eigenvalue weighted by Crippen LogP contribution is -2.10. The molecule has 0 saturated carbocycles. The first kappa shape index (κ1) is 15.4. The fourth-order valence-corrected chi connectivity index (χ4v) is 3.45. The first-order chi connectivity index (χ1) is 11.2. The summed E-state index contributed by atoms with van der Waals surface area (Å²) in [6.07, 6.45) is 3.77. The van der Waals surface area contributed by atoms with Crippen LogP contribution in [0.15, 0.2) is 78.0 Å². The van der Waals surface area contributed by atoms with Gasteiger partial charge in [0.05, 0.1) is 5.69 Å². The number of carboxylic acids is 1.